The van der Waals surface area contributed by atoms with Crippen LogP contribution in [-0.4, -0.2) is 39.2 Å². The molecule has 1 unspecified atom stereocenters. The Bertz CT molecular complexity index is 671. The second-order valence-electron chi connectivity index (χ2n) is 5.23. The molecule has 110 valence electrons. The fourth-order valence-corrected chi connectivity index (χ4v) is 2.67. The number of aromatic amines is 1. The number of amides is 1. The van der Waals surface area contributed by atoms with E-state index in [1.54, 1.807) is 0 Å². The second kappa shape index (κ2) is 4.96. The largest absolute Gasteiger partial charge is 0.368 e. The van der Waals surface area contributed by atoms with Crippen molar-refractivity contribution >= 4 is 5.91 Å². The van der Waals surface area contributed by atoms with Crippen molar-refractivity contribution in [1.29, 1.82) is 0 Å². The van der Waals surface area contributed by atoms with Gasteiger partial charge in [0.2, 0.25) is 5.82 Å². The number of nitrogens with zero attached hydrogens (tertiary/aromatic N) is 3. The SMILES string of the molecule is O=C1NCCCc2[nH]c(-c3noc(C4CCCO4)n3)nc21. The lowest BCUT2D eigenvalue weighted by molar-refractivity contribution is 0.0835. The Morgan fingerprint density at radius 3 is 3.05 bits per heavy atom. The number of hydrogen-bond donors (Lipinski definition) is 2. The van der Waals surface area contributed by atoms with Crippen LogP contribution in [0.5, 0.6) is 0 Å². The van der Waals surface area contributed by atoms with Gasteiger partial charge in [-0.2, -0.15) is 4.98 Å². The van der Waals surface area contributed by atoms with Crippen molar-refractivity contribution in [2.24, 2.45) is 0 Å². The molecule has 4 heterocycles. The van der Waals surface area contributed by atoms with Crippen LogP contribution in [0.25, 0.3) is 11.6 Å². The third kappa shape index (κ3) is 2.21. The number of rotatable bonds is 2. The van der Waals surface area contributed by atoms with Crippen LogP contribution in [0.1, 0.15) is 47.4 Å². The summed E-state index contributed by atoms with van der Waals surface area (Å²) >= 11 is 0. The Morgan fingerprint density at radius 1 is 1.24 bits per heavy atom. The summed E-state index contributed by atoms with van der Waals surface area (Å²) in [5.74, 6) is 1.14. The maximum Gasteiger partial charge on any atom is 0.271 e. The van der Waals surface area contributed by atoms with Gasteiger partial charge in [0, 0.05) is 18.8 Å². The van der Waals surface area contributed by atoms with Crippen LogP contribution in [0.15, 0.2) is 4.52 Å². The molecule has 21 heavy (non-hydrogen) atoms. The third-order valence-electron chi connectivity index (χ3n) is 3.74. The first-order chi connectivity index (χ1) is 10.3. The first-order valence-corrected chi connectivity index (χ1v) is 7.14. The predicted octanol–water partition coefficient (Wildman–Crippen LogP) is 0.987. The molecule has 4 rings (SSSR count). The van der Waals surface area contributed by atoms with Gasteiger partial charge in [0.15, 0.2) is 5.82 Å². The van der Waals surface area contributed by atoms with Gasteiger partial charge in [0.25, 0.3) is 11.8 Å². The van der Waals surface area contributed by atoms with E-state index in [-0.39, 0.29) is 12.0 Å². The monoisotopic (exact) mass is 289 g/mol. The van der Waals surface area contributed by atoms with Crippen LogP contribution in [0, 0.1) is 0 Å². The summed E-state index contributed by atoms with van der Waals surface area (Å²) in [5, 5.41) is 6.74. The molecule has 0 aromatic carbocycles. The lowest BCUT2D eigenvalue weighted by atomic mass is 10.2. The average molecular weight is 289 g/mol. The maximum atomic E-state index is 11.9. The molecule has 8 heteroatoms. The van der Waals surface area contributed by atoms with Crippen molar-refractivity contribution in [3.05, 3.63) is 17.3 Å². The molecule has 2 aromatic heterocycles. The van der Waals surface area contributed by atoms with Gasteiger partial charge < -0.3 is 19.6 Å². The Balaban J connectivity index is 1.64. The number of aromatic nitrogens is 4. The van der Waals surface area contributed by atoms with E-state index >= 15 is 0 Å². The molecule has 0 spiro atoms. The van der Waals surface area contributed by atoms with Crippen LogP contribution >= 0.6 is 0 Å². The minimum absolute atomic E-state index is 0.123. The van der Waals surface area contributed by atoms with Gasteiger partial charge in [-0.05, 0) is 25.7 Å². The normalized spacial score (nSPS) is 21.9. The zero-order chi connectivity index (χ0) is 14.2. The third-order valence-corrected chi connectivity index (χ3v) is 3.74. The second-order valence-corrected chi connectivity index (χ2v) is 5.23. The standard InChI is InChI=1S/C13H15N5O3/c19-12-9-7(3-1-5-14-12)15-10(16-9)11-17-13(21-18-11)8-4-2-6-20-8/h8H,1-6H2,(H,14,19)(H,15,16). The number of ether oxygens (including phenoxy) is 1. The van der Waals surface area contributed by atoms with Gasteiger partial charge >= 0.3 is 0 Å². The molecule has 0 saturated carbocycles. The molecule has 0 bridgehead atoms. The van der Waals surface area contributed by atoms with E-state index in [0.717, 1.165) is 38.0 Å². The van der Waals surface area contributed by atoms with Crippen LogP contribution in [0.2, 0.25) is 0 Å². The fraction of sp³-hybridized carbons (Fsp3) is 0.538. The lowest BCUT2D eigenvalue weighted by Crippen LogP contribution is -2.23. The Kier molecular flexibility index (Phi) is 2.95. The van der Waals surface area contributed by atoms with Crippen LogP contribution in [-0.2, 0) is 11.2 Å². The summed E-state index contributed by atoms with van der Waals surface area (Å²) in [6, 6.07) is 0. The highest BCUT2D eigenvalue weighted by atomic mass is 16.5. The minimum atomic E-state index is -0.159. The van der Waals surface area contributed by atoms with E-state index in [9.17, 15) is 4.79 Å². The molecule has 2 aromatic rings. The fourth-order valence-electron chi connectivity index (χ4n) is 2.67. The summed E-state index contributed by atoms with van der Waals surface area (Å²) in [7, 11) is 0. The van der Waals surface area contributed by atoms with E-state index < -0.39 is 0 Å². The molecule has 0 radical (unpaired) electrons. The van der Waals surface area contributed by atoms with E-state index in [2.05, 4.69) is 25.4 Å². The van der Waals surface area contributed by atoms with Crippen LogP contribution in [0.3, 0.4) is 0 Å². The summed E-state index contributed by atoms with van der Waals surface area (Å²) in [6.45, 7) is 1.39. The van der Waals surface area contributed by atoms with E-state index in [4.69, 9.17) is 9.26 Å². The summed E-state index contributed by atoms with van der Waals surface area (Å²) in [5.41, 5.74) is 1.24. The van der Waals surface area contributed by atoms with E-state index in [1.807, 2.05) is 0 Å². The lowest BCUT2D eigenvalue weighted by Gasteiger charge is -2.00. The highest BCUT2D eigenvalue weighted by Crippen LogP contribution is 2.28. The van der Waals surface area contributed by atoms with E-state index in [0.29, 0.717) is 29.8 Å². The smallest absolute Gasteiger partial charge is 0.271 e. The molecule has 2 N–H and O–H groups in total. The summed E-state index contributed by atoms with van der Waals surface area (Å²) in [6.07, 6.45) is 3.42. The van der Waals surface area contributed by atoms with Crippen LogP contribution in [0.4, 0.5) is 0 Å². The zero-order valence-electron chi connectivity index (χ0n) is 11.4. The maximum absolute atomic E-state index is 11.9. The Morgan fingerprint density at radius 2 is 2.19 bits per heavy atom. The molecule has 2 aliphatic heterocycles. The van der Waals surface area contributed by atoms with Crippen LogP contribution < -0.4 is 5.32 Å². The van der Waals surface area contributed by atoms with E-state index in [1.165, 1.54) is 0 Å². The molecule has 1 fully saturated rings. The summed E-state index contributed by atoms with van der Waals surface area (Å²) < 4.78 is 10.8. The van der Waals surface area contributed by atoms with Gasteiger partial charge in [-0.25, -0.2) is 4.98 Å². The molecule has 1 amide bonds. The number of carbonyl (C=O) groups excluding carboxylic acids is 1. The predicted molar refractivity (Wildman–Crippen MR) is 70.5 cm³/mol. The van der Waals surface area contributed by atoms with Crippen molar-refractivity contribution in [2.45, 2.75) is 31.8 Å². The number of hydrogen-bond acceptors (Lipinski definition) is 6. The number of nitrogens with one attached hydrogen (secondary N) is 2. The molecule has 8 nitrogen and oxygen atoms in total. The van der Waals surface area contributed by atoms with Gasteiger partial charge in [0.1, 0.15) is 11.8 Å². The van der Waals surface area contributed by atoms with Gasteiger partial charge in [-0.1, -0.05) is 5.16 Å². The zero-order valence-corrected chi connectivity index (χ0v) is 11.4. The number of fused-ring (bicyclic) bond motifs is 1. The van der Waals surface area contributed by atoms with Crippen molar-refractivity contribution in [1.82, 2.24) is 25.4 Å². The van der Waals surface area contributed by atoms with Gasteiger partial charge in [-0.3, -0.25) is 4.79 Å². The summed E-state index contributed by atoms with van der Waals surface area (Å²) in [4.78, 5) is 23.6. The molecular formula is C13H15N5O3. The van der Waals surface area contributed by atoms with Crippen molar-refractivity contribution in [2.75, 3.05) is 13.2 Å². The molecule has 1 atom stereocenters. The number of H-pyrrole nitrogens is 1. The highest BCUT2D eigenvalue weighted by molar-refractivity contribution is 5.94. The molecule has 2 aliphatic rings. The molecular weight excluding hydrogens is 274 g/mol. The Hall–Kier alpha value is -2.22. The number of aryl methyl sites for hydroxylation is 1. The quantitative estimate of drug-likeness (QED) is 0.854. The number of carbonyl (C=O) groups is 1. The highest BCUT2D eigenvalue weighted by Gasteiger charge is 2.26. The first kappa shape index (κ1) is 12.5. The van der Waals surface area contributed by atoms with Gasteiger partial charge in [0.05, 0.1) is 0 Å². The van der Waals surface area contributed by atoms with Crippen molar-refractivity contribution in [3.8, 4) is 11.6 Å². The van der Waals surface area contributed by atoms with Crippen molar-refractivity contribution < 1.29 is 14.1 Å². The molecule has 0 aliphatic carbocycles. The Labute approximate surface area is 120 Å². The first-order valence-electron chi connectivity index (χ1n) is 7.14. The molecule has 1 saturated heterocycles. The number of imidazole rings is 1. The van der Waals surface area contributed by atoms with Crippen molar-refractivity contribution in [3.63, 3.8) is 0 Å². The average Bonchev–Trinajstić information content (AvgIpc) is 3.20. The topological polar surface area (TPSA) is 106 Å². The van der Waals surface area contributed by atoms with Gasteiger partial charge in [-0.15, -0.1) is 0 Å². The minimum Gasteiger partial charge on any atom is -0.368 e.